The maximum Gasteiger partial charge on any atom is 0.221 e. The summed E-state index contributed by atoms with van der Waals surface area (Å²) >= 11 is 0. The highest BCUT2D eigenvalue weighted by Crippen LogP contribution is 2.31. The zero-order chi connectivity index (χ0) is 10.1. The summed E-state index contributed by atoms with van der Waals surface area (Å²) in [4.78, 5) is 4.13. The number of pyridine rings is 1. The Bertz CT molecular complexity index is 472. The number of methoxy groups -OCH3 is 1. The molecule has 0 saturated heterocycles. The third-order valence-electron chi connectivity index (χ3n) is 2.24. The van der Waals surface area contributed by atoms with Gasteiger partial charge in [-0.3, -0.25) is 0 Å². The first-order chi connectivity index (χ1) is 6.74. The molecule has 72 valence electrons. The van der Waals surface area contributed by atoms with E-state index in [2.05, 4.69) is 4.98 Å². The van der Waals surface area contributed by atoms with E-state index in [1.807, 2.05) is 13.0 Å². The molecule has 0 bridgehead atoms. The topological polar surface area (TPSA) is 42.4 Å². The Balaban J connectivity index is 2.91. The van der Waals surface area contributed by atoms with Crippen molar-refractivity contribution in [2.45, 2.75) is 6.92 Å². The number of nitrogens with zero attached hydrogens (tertiary/aromatic N) is 1. The van der Waals surface area contributed by atoms with Gasteiger partial charge in [-0.2, -0.15) is 0 Å². The van der Waals surface area contributed by atoms with Crippen molar-refractivity contribution < 1.29 is 9.84 Å². The van der Waals surface area contributed by atoms with Gasteiger partial charge in [-0.25, -0.2) is 4.98 Å². The molecule has 0 aliphatic heterocycles. The van der Waals surface area contributed by atoms with E-state index in [1.54, 1.807) is 25.4 Å². The second kappa shape index (κ2) is 3.18. The number of benzene rings is 1. The van der Waals surface area contributed by atoms with Gasteiger partial charge < -0.3 is 9.84 Å². The van der Waals surface area contributed by atoms with Crippen LogP contribution in [0.15, 0.2) is 24.4 Å². The van der Waals surface area contributed by atoms with E-state index < -0.39 is 0 Å². The van der Waals surface area contributed by atoms with Crippen molar-refractivity contribution in [3.8, 4) is 11.6 Å². The third kappa shape index (κ3) is 1.18. The number of aromatic nitrogens is 1. The van der Waals surface area contributed by atoms with Gasteiger partial charge in [0.2, 0.25) is 5.88 Å². The van der Waals surface area contributed by atoms with Crippen molar-refractivity contribution in [3.63, 3.8) is 0 Å². The zero-order valence-electron chi connectivity index (χ0n) is 8.11. The summed E-state index contributed by atoms with van der Waals surface area (Å²) in [5, 5.41) is 11.3. The molecule has 1 heterocycles. The van der Waals surface area contributed by atoms with Gasteiger partial charge in [-0.05, 0) is 24.6 Å². The molecule has 0 radical (unpaired) electrons. The number of hydrogen-bond donors (Lipinski definition) is 1. The molecule has 0 saturated carbocycles. The van der Waals surface area contributed by atoms with Crippen LogP contribution >= 0.6 is 0 Å². The molecular weight excluding hydrogens is 178 g/mol. The Kier molecular flexibility index (Phi) is 2.00. The molecule has 0 amide bonds. The van der Waals surface area contributed by atoms with Crippen LogP contribution in [0.1, 0.15) is 5.56 Å². The van der Waals surface area contributed by atoms with E-state index >= 15 is 0 Å². The lowest BCUT2D eigenvalue weighted by atomic mass is 10.1. The highest BCUT2D eigenvalue weighted by molar-refractivity contribution is 5.93. The quantitative estimate of drug-likeness (QED) is 0.748. The molecule has 3 heteroatoms. The van der Waals surface area contributed by atoms with Crippen LogP contribution in [0.2, 0.25) is 0 Å². The number of fused-ring (bicyclic) bond motifs is 1. The maximum atomic E-state index is 9.69. The smallest absolute Gasteiger partial charge is 0.221 e. The van der Waals surface area contributed by atoms with Crippen molar-refractivity contribution in [1.29, 1.82) is 0 Å². The molecule has 1 aromatic heterocycles. The zero-order valence-corrected chi connectivity index (χ0v) is 8.11. The van der Waals surface area contributed by atoms with Crippen LogP contribution in [-0.2, 0) is 0 Å². The predicted octanol–water partition coefficient (Wildman–Crippen LogP) is 2.26. The van der Waals surface area contributed by atoms with Crippen LogP contribution in [0.4, 0.5) is 0 Å². The van der Waals surface area contributed by atoms with Gasteiger partial charge in [0.05, 0.1) is 7.11 Å². The lowest BCUT2D eigenvalue weighted by molar-refractivity contribution is 0.403. The summed E-state index contributed by atoms with van der Waals surface area (Å²) in [5.41, 5.74) is 0.943. The van der Waals surface area contributed by atoms with Gasteiger partial charge in [0.25, 0.3) is 0 Å². The number of aromatic hydroxyl groups is 1. The number of aryl methyl sites for hydroxylation is 1. The Morgan fingerprint density at radius 1 is 1.36 bits per heavy atom. The fourth-order valence-electron chi connectivity index (χ4n) is 1.58. The van der Waals surface area contributed by atoms with E-state index in [-0.39, 0.29) is 5.75 Å². The Hall–Kier alpha value is -1.77. The summed E-state index contributed by atoms with van der Waals surface area (Å²) in [6, 6.07) is 5.32. The minimum absolute atomic E-state index is 0.265. The van der Waals surface area contributed by atoms with E-state index in [1.165, 1.54) is 0 Å². The van der Waals surface area contributed by atoms with Gasteiger partial charge in [-0.1, -0.05) is 6.07 Å². The molecule has 0 aliphatic carbocycles. The third-order valence-corrected chi connectivity index (χ3v) is 2.24. The Labute approximate surface area is 82.0 Å². The summed E-state index contributed by atoms with van der Waals surface area (Å²) < 4.78 is 5.12. The highest BCUT2D eigenvalue weighted by Gasteiger charge is 2.07. The number of hydrogen-bond acceptors (Lipinski definition) is 3. The first kappa shape index (κ1) is 8.81. The van der Waals surface area contributed by atoms with Crippen LogP contribution < -0.4 is 4.74 Å². The second-order valence-corrected chi connectivity index (χ2v) is 3.15. The molecule has 0 atom stereocenters. The SMILES string of the molecule is COc1ncc(C)c2c(O)cccc12. The molecule has 0 unspecified atom stereocenters. The molecular formula is C11H11NO2. The fourth-order valence-corrected chi connectivity index (χ4v) is 1.58. The molecule has 2 aromatic rings. The lowest BCUT2D eigenvalue weighted by Crippen LogP contribution is -1.90. The van der Waals surface area contributed by atoms with Gasteiger partial charge in [0.1, 0.15) is 5.75 Å². The monoisotopic (exact) mass is 189 g/mol. The standard InChI is InChI=1S/C11H11NO2/c1-7-6-12-11(14-2)8-4-3-5-9(13)10(7)8/h3-6,13H,1-2H3. The molecule has 2 rings (SSSR count). The van der Waals surface area contributed by atoms with Crippen molar-refractivity contribution in [2.75, 3.05) is 7.11 Å². The van der Waals surface area contributed by atoms with Gasteiger partial charge in [0.15, 0.2) is 0 Å². The Morgan fingerprint density at radius 3 is 2.86 bits per heavy atom. The summed E-state index contributed by atoms with van der Waals surface area (Å²) in [6.07, 6.45) is 1.70. The maximum absolute atomic E-state index is 9.69. The molecule has 14 heavy (non-hydrogen) atoms. The van der Waals surface area contributed by atoms with Crippen LogP contribution in [0, 0.1) is 6.92 Å². The van der Waals surface area contributed by atoms with Crippen LogP contribution in [-0.4, -0.2) is 17.2 Å². The normalized spacial score (nSPS) is 10.4. The average Bonchev–Trinajstić information content (AvgIpc) is 2.18. The van der Waals surface area contributed by atoms with E-state index in [0.717, 1.165) is 16.3 Å². The fraction of sp³-hybridized carbons (Fsp3) is 0.182. The van der Waals surface area contributed by atoms with Crippen molar-refractivity contribution >= 4 is 10.8 Å². The van der Waals surface area contributed by atoms with Gasteiger partial charge in [0, 0.05) is 17.0 Å². The molecule has 1 N–H and O–H groups in total. The van der Waals surface area contributed by atoms with Crippen molar-refractivity contribution in [2.24, 2.45) is 0 Å². The molecule has 3 nitrogen and oxygen atoms in total. The minimum atomic E-state index is 0.265. The molecule has 1 aromatic carbocycles. The van der Waals surface area contributed by atoms with E-state index in [9.17, 15) is 5.11 Å². The van der Waals surface area contributed by atoms with Crippen molar-refractivity contribution in [3.05, 3.63) is 30.0 Å². The van der Waals surface area contributed by atoms with Gasteiger partial charge in [-0.15, -0.1) is 0 Å². The number of phenols is 1. The largest absolute Gasteiger partial charge is 0.507 e. The first-order valence-electron chi connectivity index (χ1n) is 4.35. The van der Waals surface area contributed by atoms with E-state index in [0.29, 0.717) is 5.88 Å². The van der Waals surface area contributed by atoms with Crippen molar-refractivity contribution in [1.82, 2.24) is 4.98 Å². The number of ether oxygens (including phenoxy) is 1. The van der Waals surface area contributed by atoms with Crippen LogP contribution in [0.5, 0.6) is 11.6 Å². The van der Waals surface area contributed by atoms with E-state index in [4.69, 9.17) is 4.74 Å². The number of phenolic OH excluding ortho intramolecular Hbond substituents is 1. The van der Waals surface area contributed by atoms with Crippen LogP contribution in [0.25, 0.3) is 10.8 Å². The highest BCUT2D eigenvalue weighted by atomic mass is 16.5. The van der Waals surface area contributed by atoms with Crippen LogP contribution in [0.3, 0.4) is 0 Å². The average molecular weight is 189 g/mol. The summed E-state index contributed by atoms with van der Waals surface area (Å²) in [6.45, 7) is 1.91. The Morgan fingerprint density at radius 2 is 2.14 bits per heavy atom. The lowest BCUT2D eigenvalue weighted by Gasteiger charge is -2.07. The molecule has 0 spiro atoms. The first-order valence-corrected chi connectivity index (χ1v) is 4.35. The number of rotatable bonds is 1. The molecule has 0 aliphatic rings. The minimum Gasteiger partial charge on any atom is -0.507 e. The predicted molar refractivity (Wildman–Crippen MR) is 54.7 cm³/mol. The second-order valence-electron chi connectivity index (χ2n) is 3.15. The summed E-state index contributed by atoms with van der Waals surface area (Å²) in [5.74, 6) is 0.808. The summed E-state index contributed by atoms with van der Waals surface area (Å²) in [7, 11) is 1.57. The molecule has 0 fully saturated rings. The van der Waals surface area contributed by atoms with Gasteiger partial charge >= 0.3 is 0 Å².